The van der Waals surface area contributed by atoms with Crippen molar-refractivity contribution in [2.24, 2.45) is 0 Å². The zero-order valence-corrected chi connectivity index (χ0v) is 16.7. The molecule has 1 aromatic carbocycles. The SMILES string of the molecule is Cc1cnc(N)nc1-c1sc(-c2ncn[nH]2)c(-c2ccc(Cl)cc2Cl)c1C#N. The number of anilines is 1. The minimum absolute atomic E-state index is 0.130. The van der Waals surface area contributed by atoms with E-state index >= 15 is 0 Å². The number of halogens is 2. The molecule has 0 bridgehead atoms. The summed E-state index contributed by atoms with van der Waals surface area (Å²) in [5, 5.41) is 17.7. The Morgan fingerprint density at radius 3 is 2.71 bits per heavy atom. The van der Waals surface area contributed by atoms with Crippen molar-refractivity contribution in [1.82, 2.24) is 25.1 Å². The molecule has 4 rings (SSSR count). The van der Waals surface area contributed by atoms with Crippen molar-refractivity contribution in [2.75, 3.05) is 5.73 Å². The van der Waals surface area contributed by atoms with Crippen molar-refractivity contribution in [3.05, 3.63) is 51.9 Å². The number of nitrogens with zero attached hydrogens (tertiary/aromatic N) is 5. The molecule has 0 aliphatic carbocycles. The second-order valence-corrected chi connectivity index (χ2v) is 7.70. The smallest absolute Gasteiger partial charge is 0.220 e. The average Bonchev–Trinajstić information content (AvgIpc) is 3.31. The van der Waals surface area contributed by atoms with Gasteiger partial charge in [-0.2, -0.15) is 10.4 Å². The lowest BCUT2D eigenvalue weighted by Crippen LogP contribution is -1.98. The van der Waals surface area contributed by atoms with E-state index in [4.69, 9.17) is 28.9 Å². The fourth-order valence-corrected chi connectivity index (χ4v) is 4.59. The van der Waals surface area contributed by atoms with Crippen LogP contribution in [0.2, 0.25) is 10.0 Å². The van der Waals surface area contributed by atoms with Crippen molar-refractivity contribution >= 4 is 40.5 Å². The van der Waals surface area contributed by atoms with Crippen LogP contribution in [0, 0.1) is 18.3 Å². The maximum absolute atomic E-state index is 10.0. The molecule has 0 aliphatic heterocycles. The van der Waals surface area contributed by atoms with E-state index in [1.807, 2.05) is 6.92 Å². The number of nitrogens with two attached hydrogens (primary N) is 1. The van der Waals surface area contributed by atoms with Crippen LogP contribution in [0.4, 0.5) is 5.95 Å². The molecule has 0 aliphatic rings. The van der Waals surface area contributed by atoms with Gasteiger partial charge < -0.3 is 5.73 Å². The zero-order valence-electron chi connectivity index (χ0n) is 14.4. The van der Waals surface area contributed by atoms with Crippen molar-refractivity contribution in [1.29, 1.82) is 5.26 Å². The van der Waals surface area contributed by atoms with Crippen molar-refractivity contribution in [3.63, 3.8) is 0 Å². The van der Waals surface area contributed by atoms with Crippen LogP contribution in [-0.2, 0) is 0 Å². The predicted octanol–water partition coefficient (Wildman–Crippen LogP) is 4.73. The second kappa shape index (κ2) is 7.20. The standard InChI is InChI=1S/C18H11Cl2N7S/c1-8-6-23-18(22)26-14(8)15-11(5-21)13(10-3-2-9(19)4-12(10)20)16(28-15)17-24-7-25-27-17/h2-4,6-7H,1H3,(H2,22,23,26)(H,24,25,27). The van der Waals surface area contributed by atoms with Crippen LogP contribution in [0.5, 0.6) is 0 Å². The third-order valence-corrected chi connectivity index (χ3v) is 5.81. The summed E-state index contributed by atoms with van der Waals surface area (Å²) in [6.45, 7) is 1.86. The third kappa shape index (κ3) is 3.10. The van der Waals surface area contributed by atoms with Crippen LogP contribution in [-0.4, -0.2) is 25.1 Å². The largest absolute Gasteiger partial charge is 0.368 e. The van der Waals surface area contributed by atoms with Gasteiger partial charge in [0.15, 0.2) is 5.82 Å². The molecule has 0 saturated carbocycles. The van der Waals surface area contributed by atoms with Gasteiger partial charge in [0.05, 0.1) is 21.0 Å². The van der Waals surface area contributed by atoms with Crippen LogP contribution in [0.15, 0.2) is 30.7 Å². The Hall–Kier alpha value is -2.99. The number of hydrogen-bond donors (Lipinski definition) is 2. The summed E-state index contributed by atoms with van der Waals surface area (Å²) in [5.74, 6) is 0.652. The lowest BCUT2D eigenvalue weighted by atomic mass is 9.99. The van der Waals surface area contributed by atoms with Gasteiger partial charge in [-0.15, -0.1) is 11.3 Å². The average molecular weight is 428 g/mol. The molecule has 3 N–H and O–H groups in total. The first-order chi connectivity index (χ1) is 13.5. The first-order valence-electron chi connectivity index (χ1n) is 7.97. The Morgan fingerprint density at radius 2 is 2.04 bits per heavy atom. The summed E-state index contributed by atoms with van der Waals surface area (Å²) in [7, 11) is 0. The van der Waals surface area contributed by atoms with E-state index in [1.165, 1.54) is 17.7 Å². The summed E-state index contributed by atoms with van der Waals surface area (Å²) in [4.78, 5) is 14.0. The van der Waals surface area contributed by atoms with Gasteiger partial charge >= 0.3 is 0 Å². The Bertz CT molecular complexity index is 1230. The van der Waals surface area contributed by atoms with Gasteiger partial charge in [0.2, 0.25) is 5.95 Å². The van der Waals surface area contributed by atoms with E-state index in [0.29, 0.717) is 48.0 Å². The minimum Gasteiger partial charge on any atom is -0.368 e. The number of H-pyrrole nitrogens is 1. The molecular formula is C18H11Cl2N7S. The van der Waals surface area contributed by atoms with Crippen LogP contribution >= 0.6 is 34.5 Å². The molecule has 0 amide bonds. The van der Waals surface area contributed by atoms with Crippen molar-refractivity contribution in [2.45, 2.75) is 6.92 Å². The highest BCUT2D eigenvalue weighted by Crippen LogP contribution is 2.48. The number of nitrogen functional groups attached to an aromatic ring is 1. The van der Waals surface area contributed by atoms with Crippen LogP contribution in [0.3, 0.4) is 0 Å². The summed E-state index contributed by atoms with van der Waals surface area (Å²) in [6.07, 6.45) is 3.03. The zero-order chi connectivity index (χ0) is 19.8. The monoisotopic (exact) mass is 427 g/mol. The molecule has 0 radical (unpaired) electrons. The molecule has 3 aromatic heterocycles. The van der Waals surface area contributed by atoms with Crippen LogP contribution < -0.4 is 5.73 Å². The normalized spacial score (nSPS) is 10.8. The van der Waals surface area contributed by atoms with Gasteiger partial charge in [0, 0.05) is 27.4 Å². The van der Waals surface area contributed by atoms with E-state index in [0.717, 1.165) is 5.56 Å². The summed E-state index contributed by atoms with van der Waals surface area (Å²) in [6, 6.07) is 7.42. The quantitative estimate of drug-likeness (QED) is 0.487. The van der Waals surface area contributed by atoms with E-state index in [1.54, 1.807) is 24.4 Å². The second-order valence-electron chi connectivity index (χ2n) is 5.84. The molecule has 0 spiro atoms. The third-order valence-electron chi connectivity index (χ3n) is 4.06. The minimum atomic E-state index is 0.130. The Kier molecular flexibility index (Phi) is 4.73. The summed E-state index contributed by atoms with van der Waals surface area (Å²) in [5.41, 5.74) is 8.89. The first-order valence-corrected chi connectivity index (χ1v) is 9.54. The van der Waals surface area contributed by atoms with E-state index in [-0.39, 0.29) is 5.95 Å². The number of rotatable bonds is 3. The van der Waals surface area contributed by atoms with Crippen LogP contribution in [0.25, 0.3) is 32.4 Å². The molecule has 3 heterocycles. The van der Waals surface area contributed by atoms with Gasteiger partial charge in [-0.05, 0) is 24.6 Å². The Balaban J connectivity index is 2.08. The number of thiophene rings is 1. The number of aromatic nitrogens is 5. The molecule has 4 aromatic rings. The molecule has 0 unspecified atom stereocenters. The topological polar surface area (TPSA) is 117 Å². The maximum Gasteiger partial charge on any atom is 0.220 e. The number of hydrogen-bond acceptors (Lipinski definition) is 7. The fraction of sp³-hybridized carbons (Fsp3) is 0.0556. The molecule has 7 nitrogen and oxygen atoms in total. The number of nitriles is 1. The number of benzene rings is 1. The van der Waals surface area contributed by atoms with Crippen molar-refractivity contribution in [3.8, 4) is 38.5 Å². The molecule has 0 fully saturated rings. The first kappa shape index (κ1) is 18.4. The highest BCUT2D eigenvalue weighted by molar-refractivity contribution is 7.19. The number of nitrogens with one attached hydrogen (secondary N) is 1. The molecule has 28 heavy (non-hydrogen) atoms. The molecule has 10 heteroatoms. The lowest BCUT2D eigenvalue weighted by molar-refractivity contribution is 1.10. The number of aromatic amines is 1. The van der Waals surface area contributed by atoms with Gasteiger partial charge in [-0.25, -0.2) is 15.0 Å². The molecule has 0 saturated heterocycles. The van der Waals surface area contributed by atoms with Gasteiger partial charge in [0.1, 0.15) is 12.4 Å². The highest BCUT2D eigenvalue weighted by Gasteiger charge is 2.26. The van der Waals surface area contributed by atoms with E-state index in [2.05, 4.69) is 31.2 Å². The van der Waals surface area contributed by atoms with Crippen LogP contribution in [0.1, 0.15) is 11.1 Å². The van der Waals surface area contributed by atoms with Gasteiger partial charge in [-0.3, -0.25) is 5.10 Å². The fourth-order valence-electron chi connectivity index (χ4n) is 2.82. The predicted molar refractivity (Wildman–Crippen MR) is 110 cm³/mol. The van der Waals surface area contributed by atoms with Gasteiger partial charge in [-0.1, -0.05) is 29.3 Å². The van der Waals surface area contributed by atoms with E-state index in [9.17, 15) is 5.26 Å². The molecular weight excluding hydrogens is 417 g/mol. The van der Waals surface area contributed by atoms with Gasteiger partial charge in [0.25, 0.3) is 0 Å². The Morgan fingerprint density at radius 1 is 1.21 bits per heavy atom. The number of aryl methyl sites for hydroxylation is 1. The highest BCUT2D eigenvalue weighted by atomic mass is 35.5. The van der Waals surface area contributed by atoms with E-state index < -0.39 is 0 Å². The Labute approximate surface area is 173 Å². The summed E-state index contributed by atoms with van der Waals surface area (Å²) >= 11 is 13.9. The summed E-state index contributed by atoms with van der Waals surface area (Å²) < 4.78 is 0. The maximum atomic E-state index is 10.0. The van der Waals surface area contributed by atoms with Crippen molar-refractivity contribution < 1.29 is 0 Å². The lowest BCUT2D eigenvalue weighted by Gasteiger charge is -2.07. The molecule has 138 valence electrons. The molecule has 0 atom stereocenters.